The molecule has 0 aromatic heterocycles. The topological polar surface area (TPSA) is 37.3 Å². The molecule has 3 heteroatoms. The summed E-state index contributed by atoms with van der Waals surface area (Å²) in [6, 6.07) is 6.21. The number of rotatable bonds is 5. The fourth-order valence-corrected chi connectivity index (χ4v) is 2.37. The lowest BCUT2D eigenvalue weighted by atomic mass is 10.0. The Morgan fingerprint density at radius 1 is 1.41 bits per heavy atom. The van der Waals surface area contributed by atoms with Crippen molar-refractivity contribution in [3.63, 3.8) is 0 Å². The van der Waals surface area contributed by atoms with Crippen LogP contribution in [0.15, 0.2) is 28.7 Å². The summed E-state index contributed by atoms with van der Waals surface area (Å²) in [5.74, 6) is -0.791. The molecule has 0 unspecified atom stereocenters. The second-order valence-electron chi connectivity index (χ2n) is 3.84. The van der Waals surface area contributed by atoms with Gasteiger partial charge >= 0.3 is 5.97 Å². The van der Waals surface area contributed by atoms with Gasteiger partial charge in [0.25, 0.3) is 0 Å². The molecule has 1 aromatic rings. The van der Waals surface area contributed by atoms with Gasteiger partial charge in [-0.25, -0.2) is 0 Å². The molecule has 0 heterocycles. The quantitative estimate of drug-likeness (QED) is 0.880. The number of carbonyl (C=O) groups is 1. The van der Waals surface area contributed by atoms with Gasteiger partial charge in [-0.1, -0.05) is 48.0 Å². The highest BCUT2D eigenvalue weighted by Gasteiger charge is 2.04. The molecule has 0 aliphatic heterocycles. The minimum atomic E-state index is -0.791. The highest BCUT2D eigenvalue weighted by atomic mass is 79.9. The number of carboxylic acids is 1. The summed E-state index contributed by atoms with van der Waals surface area (Å²) >= 11 is 3.54. The standard InChI is InChI=1S/C14H17BrO2/c1-3-10(7-8-14(16)17)12-6-5-11(4-2)13(15)9-12/h5-7,9H,3-4,8H2,1-2H3,(H,16,17)/b10-7+. The number of aliphatic carboxylic acids is 1. The van der Waals surface area contributed by atoms with Gasteiger partial charge in [0, 0.05) is 4.47 Å². The average molecular weight is 297 g/mol. The minimum Gasteiger partial charge on any atom is -0.481 e. The van der Waals surface area contributed by atoms with Crippen LogP contribution in [0.5, 0.6) is 0 Å². The predicted octanol–water partition coefficient (Wildman–Crippen LogP) is 4.28. The third kappa shape index (κ3) is 4.00. The molecular weight excluding hydrogens is 280 g/mol. The van der Waals surface area contributed by atoms with Crippen LogP contribution >= 0.6 is 15.9 Å². The molecular formula is C14H17BrO2. The van der Waals surface area contributed by atoms with Crippen LogP contribution in [0.3, 0.4) is 0 Å². The molecule has 92 valence electrons. The van der Waals surface area contributed by atoms with E-state index in [9.17, 15) is 4.79 Å². The van der Waals surface area contributed by atoms with E-state index in [1.807, 2.05) is 6.92 Å². The van der Waals surface area contributed by atoms with Gasteiger partial charge in [0.05, 0.1) is 6.42 Å². The summed E-state index contributed by atoms with van der Waals surface area (Å²) in [4.78, 5) is 10.6. The van der Waals surface area contributed by atoms with Crippen molar-refractivity contribution in [2.45, 2.75) is 33.1 Å². The van der Waals surface area contributed by atoms with Crippen LogP contribution in [-0.4, -0.2) is 11.1 Å². The van der Waals surface area contributed by atoms with Gasteiger partial charge in [0.1, 0.15) is 0 Å². The molecule has 1 rings (SSSR count). The van der Waals surface area contributed by atoms with Crippen molar-refractivity contribution >= 4 is 27.5 Å². The summed E-state index contributed by atoms with van der Waals surface area (Å²) in [6.45, 7) is 4.15. The van der Waals surface area contributed by atoms with E-state index >= 15 is 0 Å². The molecule has 0 saturated carbocycles. The van der Waals surface area contributed by atoms with Crippen LogP contribution in [0.4, 0.5) is 0 Å². The Labute approximate surface area is 110 Å². The van der Waals surface area contributed by atoms with Crippen LogP contribution < -0.4 is 0 Å². The van der Waals surface area contributed by atoms with E-state index in [4.69, 9.17) is 5.11 Å². The number of carboxylic acid groups (broad SMARTS) is 1. The largest absolute Gasteiger partial charge is 0.481 e. The maximum atomic E-state index is 10.6. The summed E-state index contributed by atoms with van der Waals surface area (Å²) in [5, 5.41) is 8.69. The molecule has 0 saturated heterocycles. The molecule has 1 N–H and O–H groups in total. The summed E-state index contributed by atoms with van der Waals surface area (Å²) < 4.78 is 1.09. The van der Waals surface area contributed by atoms with Gasteiger partial charge in [-0.05, 0) is 35.6 Å². The van der Waals surface area contributed by atoms with Crippen molar-refractivity contribution in [2.24, 2.45) is 0 Å². The number of hydrogen-bond acceptors (Lipinski definition) is 1. The Morgan fingerprint density at radius 3 is 2.59 bits per heavy atom. The average Bonchev–Trinajstić information content (AvgIpc) is 2.29. The summed E-state index contributed by atoms with van der Waals surface area (Å²) in [6.07, 6.45) is 3.69. The first-order chi connectivity index (χ1) is 8.08. The molecule has 0 spiro atoms. The van der Waals surface area contributed by atoms with E-state index in [0.717, 1.165) is 28.5 Å². The highest BCUT2D eigenvalue weighted by Crippen LogP contribution is 2.25. The van der Waals surface area contributed by atoms with Crippen LogP contribution in [0.1, 0.15) is 37.8 Å². The van der Waals surface area contributed by atoms with E-state index in [2.05, 4.69) is 41.1 Å². The Morgan fingerprint density at radius 2 is 2.12 bits per heavy atom. The normalized spacial score (nSPS) is 11.6. The highest BCUT2D eigenvalue weighted by molar-refractivity contribution is 9.10. The summed E-state index contributed by atoms with van der Waals surface area (Å²) in [7, 11) is 0. The molecule has 0 aliphatic rings. The minimum absolute atomic E-state index is 0.0797. The van der Waals surface area contributed by atoms with Crippen LogP contribution in [0, 0.1) is 0 Å². The lowest BCUT2D eigenvalue weighted by Crippen LogP contribution is -1.93. The van der Waals surface area contributed by atoms with Gasteiger partial charge in [-0.15, -0.1) is 0 Å². The second-order valence-corrected chi connectivity index (χ2v) is 4.69. The Hall–Kier alpha value is -1.09. The van der Waals surface area contributed by atoms with E-state index in [1.54, 1.807) is 6.08 Å². The Bertz CT molecular complexity index is 436. The molecule has 1 aromatic carbocycles. The second kappa shape index (κ2) is 6.60. The number of benzene rings is 1. The number of halogens is 1. The van der Waals surface area contributed by atoms with Gasteiger partial charge in [-0.3, -0.25) is 4.79 Å². The van der Waals surface area contributed by atoms with Crippen LogP contribution in [0.25, 0.3) is 5.57 Å². The van der Waals surface area contributed by atoms with Crippen molar-refractivity contribution in [3.05, 3.63) is 39.9 Å². The maximum absolute atomic E-state index is 10.6. The number of allylic oxidation sites excluding steroid dienone is 1. The SMILES string of the molecule is CC/C(=C\CC(=O)O)c1ccc(CC)c(Br)c1. The zero-order valence-corrected chi connectivity index (χ0v) is 11.8. The van der Waals surface area contributed by atoms with E-state index in [0.29, 0.717) is 0 Å². The predicted molar refractivity (Wildman–Crippen MR) is 74.0 cm³/mol. The Kier molecular flexibility index (Phi) is 5.42. The third-order valence-corrected chi connectivity index (χ3v) is 3.45. The summed E-state index contributed by atoms with van der Waals surface area (Å²) in [5.41, 5.74) is 3.44. The smallest absolute Gasteiger partial charge is 0.307 e. The molecule has 17 heavy (non-hydrogen) atoms. The molecule has 0 fully saturated rings. The van der Waals surface area contributed by atoms with E-state index in [1.165, 1.54) is 5.56 Å². The molecule has 2 nitrogen and oxygen atoms in total. The molecule has 0 amide bonds. The van der Waals surface area contributed by atoms with Crippen LogP contribution in [-0.2, 0) is 11.2 Å². The maximum Gasteiger partial charge on any atom is 0.307 e. The van der Waals surface area contributed by atoms with Crippen molar-refractivity contribution in [1.82, 2.24) is 0 Å². The van der Waals surface area contributed by atoms with Gasteiger partial charge < -0.3 is 5.11 Å². The fraction of sp³-hybridized carbons (Fsp3) is 0.357. The zero-order chi connectivity index (χ0) is 12.8. The third-order valence-electron chi connectivity index (χ3n) is 2.71. The van der Waals surface area contributed by atoms with Crippen molar-refractivity contribution in [2.75, 3.05) is 0 Å². The van der Waals surface area contributed by atoms with Gasteiger partial charge in [0.2, 0.25) is 0 Å². The first kappa shape index (κ1) is 14.0. The van der Waals surface area contributed by atoms with Crippen LogP contribution in [0.2, 0.25) is 0 Å². The zero-order valence-electron chi connectivity index (χ0n) is 10.2. The fourth-order valence-electron chi connectivity index (χ4n) is 1.71. The lowest BCUT2D eigenvalue weighted by molar-refractivity contribution is -0.135. The first-order valence-corrected chi connectivity index (χ1v) is 6.57. The molecule has 0 radical (unpaired) electrons. The first-order valence-electron chi connectivity index (χ1n) is 5.78. The van der Waals surface area contributed by atoms with Gasteiger partial charge in [-0.2, -0.15) is 0 Å². The monoisotopic (exact) mass is 296 g/mol. The lowest BCUT2D eigenvalue weighted by Gasteiger charge is -2.08. The van der Waals surface area contributed by atoms with Crippen molar-refractivity contribution in [1.29, 1.82) is 0 Å². The van der Waals surface area contributed by atoms with E-state index < -0.39 is 5.97 Å². The number of hydrogen-bond donors (Lipinski definition) is 1. The van der Waals surface area contributed by atoms with Gasteiger partial charge in [0.15, 0.2) is 0 Å². The molecule has 0 aliphatic carbocycles. The van der Waals surface area contributed by atoms with E-state index in [-0.39, 0.29) is 6.42 Å². The van der Waals surface area contributed by atoms with Crippen molar-refractivity contribution in [3.8, 4) is 0 Å². The Balaban J connectivity index is 3.00. The number of aryl methyl sites for hydroxylation is 1. The van der Waals surface area contributed by atoms with Crippen molar-refractivity contribution < 1.29 is 9.90 Å². The molecule has 0 atom stereocenters. The molecule has 0 bridgehead atoms.